The summed E-state index contributed by atoms with van der Waals surface area (Å²) in [5, 5.41) is 10.4. The molecular weight excluding hydrogens is 258 g/mol. The Bertz CT molecular complexity index is 606. The van der Waals surface area contributed by atoms with Crippen LogP contribution in [0.3, 0.4) is 0 Å². The van der Waals surface area contributed by atoms with Gasteiger partial charge < -0.3 is 0 Å². The summed E-state index contributed by atoms with van der Waals surface area (Å²) in [7, 11) is 0. The first-order valence-corrected chi connectivity index (χ1v) is 6.62. The monoisotopic (exact) mass is 271 g/mol. The largest absolute Gasteiger partial charge is 0.259 e. The highest BCUT2D eigenvalue weighted by Gasteiger charge is 2.02. The van der Waals surface area contributed by atoms with Crippen LogP contribution in [-0.4, -0.2) is 4.92 Å². The molecule has 0 saturated carbocycles. The van der Waals surface area contributed by atoms with Crippen LogP contribution in [0.15, 0.2) is 64.5 Å². The molecule has 0 amide bonds. The van der Waals surface area contributed by atoms with Crippen LogP contribution >= 0.6 is 11.8 Å². The second-order valence-electron chi connectivity index (χ2n) is 4.05. The molecule has 0 atom stereocenters. The number of rotatable bonds is 4. The molecule has 3 nitrogen and oxygen atoms in total. The predicted molar refractivity (Wildman–Crippen MR) is 77.8 cm³/mol. The minimum Gasteiger partial charge on any atom is -0.259 e. The number of hydrogen-bond donors (Lipinski definition) is 0. The van der Waals surface area contributed by atoms with Gasteiger partial charge in [0, 0.05) is 15.9 Å². The molecule has 2 aromatic rings. The lowest BCUT2D eigenvalue weighted by Gasteiger charge is -2.05. The molecule has 4 heteroatoms. The lowest BCUT2D eigenvalue weighted by Crippen LogP contribution is -1.84. The fourth-order valence-corrected chi connectivity index (χ4v) is 2.51. The van der Waals surface area contributed by atoms with E-state index in [1.165, 1.54) is 11.6 Å². The lowest BCUT2D eigenvalue weighted by atomic mass is 10.2. The van der Waals surface area contributed by atoms with Crippen LogP contribution < -0.4 is 0 Å². The predicted octanol–water partition coefficient (Wildman–Crippen LogP) is 4.39. The van der Waals surface area contributed by atoms with Gasteiger partial charge in [-0.2, -0.15) is 0 Å². The summed E-state index contributed by atoms with van der Waals surface area (Å²) in [4.78, 5) is 12.1. The summed E-state index contributed by atoms with van der Waals surface area (Å²) < 4.78 is 0. The average molecular weight is 271 g/mol. The van der Waals surface area contributed by atoms with Gasteiger partial charge in [-0.1, -0.05) is 47.7 Å². The van der Waals surface area contributed by atoms with Crippen LogP contribution in [0.5, 0.6) is 0 Å². The molecule has 19 heavy (non-hydrogen) atoms. The zero-order valence-corrected chi connectivity index (χ0v) is 11.3. The smallest absolute Gasteiger partial charge is 0.235 e. The van der Waals surface area contributed by atoms with Crippen LogP contribution in [0.4, 0.5) is 0 Å². The summed E-state index contributed by atoms with van der Waals surface area (Å²) in [6.45, 7) is 2.04. The molecule has 0 spiro atoms. The van der Waals surface area contributed by atoms with Gasteiger partial charge in [-0.3, -0.25) is 10.1 Å². The standard InChI is InChI=1S/C15H13NO2S/c1-12-6-8-14(9-7-12)19-15-5-3-2-4-13(15)10-11-16(17)18/h2-11H,1H3/b11-10+. The number of nitrogens with zero attached hydrogens (tertiary/aromatic N) is 1. The molecule has 0 unspecified atom stereocenters. The fraction of sp³-hybridized carbons (Fsp3) is 0.0667. The molecule has 2 rings (SSSR count). The van der Waals surface area contributed by atoms with Gasteiger partial charge >= 0.3 is 0 Å². The number of benzene rings is 2. The molecule has 0 aliphatic heterocycles. The van der Waals surface area contributed by atoms with Crippen molar-refractivity contribution in [3.63, 3.8) is 0 Å². The molecular formula is C15H13NO2S. The van der Waals surface area contributed by atoms with E-state index in [-0.39, 0.29) is 0 Å². The van der Waals surface area contributed by atoms with Gasteiger partial charge in [0.2, 0.25) is 6.20 Å². The van der Waals surface area contributed by atoms with Crippen LogP contribution in [-0.2, 0) is 0 Å². The third kappa shape index (κ3) is 3.96. The molecule has 0 heterocycles. The maximum atomic E-state index is 10.4. The molecule has 0 radical (unpaired) electrons. The molecule has 0 N–H and O–H groups in total. The third-order valence-electron chi connectivity index (χ3n) is 2.54. The van der Waals surface area contributed by atoms with E-state index in [1.807, 2.05) is 43.3 Å². The van der Waals surface area contributed by atoms with Crippen molar-refractivity contribution in [1.29, 1.82) is 0 Å². The fourth-order valence-electron chi connectivity index (χ4n) is 1.59. The van der Waals surface area contributed by atoms with Gasteiger partial charge in [0.15, 0.2) is 0 Å². The van der Waals surface area contributed by atoms with E-state index in [0.717, 1.165) is 21.6 Å². The van der Waals surface area contributed by atoms with Gasteiger partial charge in [0.25, 0.3) is 0 Å². The first-order chi connectivity index (χ1) is 9.15. The molecule has 0 aromatic heterocycles. The summed E-state index contributed by atoms with van der Waals surface area (Å²) in [6, 6.07) is 15.8. The van der Waals surface area contributed by atoms with E-state index in [0.29, 0.717) is 0 Å². The molecule has 2 aromatic carbocycles. The highest BCUT2D eigenvalue weighted by Crippen LogP contribution is 2.31. The SMILES string of the molecule is Cc1ccc(Sc2ccccc2/C=C/[N+](=O)[O-])cc1. The van der Waals surface area contributed by atoms with E-state index in [4.69, 9.17) is 0 Å². The zero-order chi connectivity index (χ0) is 13.7. The van der Waals surface area contributed by atoms with Crippen LogP contribution in [0, 0.1) is 17.0 Å². The van der Waals surface area contributed by atoms with Crippen LogP contribution in [0.1, 0.15) is 11.1 Å². The summed E-state index contributed by atoms with van der Waals surface area (Å²) in [6.07, 6.45) is 2.49. The van der Waals surface area contributed by atoms with E-state index >= 15 is 0 Å². The van der Waals surface area contributed by atoms with E-state index in [2.05, 4.69) is 12.1 Å². The van der Waals surface area contributed by atoms with Crippen molar-refractivity contribution in [3.05, 3.63) is 76.0 Å². The van der Waals surface area contributed by atoms with Gasteiger partial charge in [0.05, 0.1) is 4.92 Å². The maximum absolute atomic E-state index is 10.4. The van der Waals surface area contributed by atoms with Crippen molar-refractivity contribution in [2.75, 3.05) is 0 Å². The van der Waals surface area contributed by atoms with Gasteiger partial charge in [-0.15, -0.1) is 0 Å². The van der Waals surface area contributed by atoms with Crippen molar-refractivity contribution < 1.29 is 4.92 Å². The van der Waals surface area contributed by atoms with E-state index in [9.17, 15) is 10.1 Å². The maximum Gasteiger partial charge on any atom is 0.235 e. The highest BCUT2D eigenvalue weighted by atomic mass is 32.2. The molecule has 96 valence electrons. The number of hydrogen-bond acceptors (Lipinski definition) is 3. The van der Waals surface area contributed by atoms with E-state index in [1.54, 1.807) is 11.8 Å². The molecule has 0 saturated heterocycles. The summed E-state index contributed by atoms with van der Waals surface area (Å²) >= 11 is 1.60. The Morgan fingerprint density at radius 3 is 2.47 bits per heavy atom. The van der Waals surface area contributed by atoms with Gasteiger partial charge in [-0.05, 0) is 30.7 Å². The van der Waals surface area contributed by atoms with Gasteiger partial charge in [-0.25, -0.2) is 0 Å². The third-order valence-corrected chi connectivity index (χ3v) is 3.64. The Morgan fingerprint density at radius 1 is 1.11 bits per heavy atom. The highest BCUT2D eigenvalue weighted by molar-refractivity contribution is 7.99. The minimum atomic E-state index is -0.451. The van der Waals surface area contributed by atoms with Crippen molar-refractivity contribution in [2.45, 2.75) is 16.7 Å². The van der Waals surface area contributed by atoms with Gasteiger partial charge in [0.1, 0.15) is 0 Å². The zero-order valence-electron chi connectivity index (χ0n) is 10.4. The minimum absolute atomic E-state index is 0.451. The quantitative estimate of drug-likeness (QED) is 0.611. The molecule has 0 aliphatic rings. The Balaban J connectivity index is 2.24. The second kappa shape index (κ2) is 6.20. The molecule has 0 aliphatic carbocycles. The van der Waals surface area contributed by atoms with Crippen molar-refractivity contribution in [1.82, 2.24) is 0 Å². The Morgan fingerprint density at radius 2 is 1.79 bits per heavy atom. The first kappa shape index (κ1) is 13.4. The topological polar surface area (TPSA) is 43.1 Å². The van der Waals surface area contributed by atoms with Crippen LogP contribution in [0.25, 0.3) is 6.08 Å². The first-order valence-electron chi connectivity index (χ1n) is 5.80. The normalized spacial score (nSPS) is 10.8. The molecule has 0 fully saturated rings. The molecule has 0 bridgehead atoms. The Kier molecular flexibility index (Phi) is 4.36. The second-order valence-corrected chi connectivity index (χ2v) is 5.17. The van der Waals surface area contributed by atoms with Crippen molar-refractivity contribution in [3.8, 4) is 0 Å². The van der Waals surface area contributed by atoms with Crippen molar-refractivity contribution >= 4 is 17.8 Å². The van der Waals surface area contributed by atoms with Crippen molar-refractivity contribution in [2.24, 2.45) is 0 Å². The number of nitro groups is 1. The van der Waals surface area contributed by atoms with Crippen LogP contribution in [0.2, 0.25) is 0 Å². The number of aryl methyl sites for hydroxylation is 1. The summed E-state index contributed by atoms with van der Waals surface area (Å²) in [5.41, 5.74) is 2.07. The average Bonchev–Trinajstić information content (AvgIpc) is 2.40. The Labute approximate surface area is 116 Å². The Hall–Kier alpha value is -2.07. The van der Waals surface area contributed by atoms with E-state index < -0.39 is 4.92 Å². The summed E-state index contributed by atoms with van der Waals surface area (Å²) in [5.74, 6) is 0. The lowest BCUT2D eigenvalue weighted by molar-refractivity contribution is -0.400.